The Morgan fingerprint density at radius 2 is 1.93 bits per heavy atom. The lowest BCUT2D eigenvalue weighted by molar-refractivity contribution is 0.112. The van der Waals surface area contributed by atoms with Crippen LogP contribution in [-0.2, 0) is 0 Å². The molecule has 0 fully saturated rings. The highest BCUT2D eigenvalue weighted by Gasteiger charge is 2.01. The van der Waals surface area contributed by atoms with Gasteiger partial charge >= 0.3 is 0 Å². The number of pyridine rings is 2. The summed E-state index contributed by atoms with van der Waals surface area (Å²) in [6, 6.07) is 7.05. The van der Waals surface area contributed by atoms with Gasteiger partial charge in [0.2, 0.25) is 0 Å². The molecule has 0 amide bonds. The molecule has 2 aromatic rings. The van der Waals surface area contributed by atoms with Crippen LogP contribution in [0, 0.1) is 0 Å². The Morgan fingerprint density at radius 3 is 2.67 bits per heavy atom. The van der Waals surface area contributed by atoms with E-state index in [0.717, 1.165) is 12.0 Å². The van der Waals surface area contributed by atoms with E-state index < -0.39 is 0 Å². The van der Waals surface area contributed by atoms with Crippen molar-refractivity contribution in [3.05, 3.63) is 48.4 Å². The average molecular weight is 199 g/mol. The Hall–Kier alpha value is -2.23. The van der Waals surface area contributed by atoms with Gasteiger partial charge in [-0.15, -0.1) is 0 Å². The Bertz CT molecular complexity index is 456. The molecular weight excluding hydrogens is 190 g/mol. The van der Waals surface area contributed by atoms with Gasteiger partial charge in [0.15, 0.2) is 6.29 Å². The van der Waals surface area contributed by atoms with Gasteiger partial charge in [0.1, 0.15) is 5.82 Å². The van der Waals surface area contributed by atoms with E-state index in [9.17, 15) is 4.79 Å². The van der Waals surface area contributed by atoms with E-state index in [1.165, 1.54) is 0 Å². The molecule has 15 heavy (non-hydrogen) atoms. The third-order valence-electron chi connectivity index (χ3n) is 1.91. The van der Waals surface area contributed by atoms with Gasteiger partial charge in [0.25, 0.3) is 0 Å². The fourth-order valence-corrected chi connectivity index (χ4v) is 1.19. The van der Waals surface area contributed by atoms with Gasteiger partial charge < -0.3 is 5.32 Å². The van der Waals surface area contributed by atoms with Crippen molar-refractivity contribution in [2.45, 2.75) is 0 Å². The predicted octanol–water partition coefficient (Wildman–Crippen LogP) is 2.03. The highest BCUT2D eigenvalue weighted by atomic mass is 16.1. The largest absolute Gasteiger partial charge is 0.340 e. The highest BCUT2D eigenvalue weighted by molar-refractivity contribution is 5.83. The second-order valence-electron chi connectivity index (χ2n) is 2.92. The number of rotatable bonds is 3. The van der Waals surface area contributed by atoms with Gasteiger partial charge in [-0.25, -0.2) is 4.98 Å². The number of aromatic nitrogens is 2. The molecule has 2 heterocycles. The van der Waals surface area contributed by atoms with Crippen LogP contribution in [0.3, 0.4) is 0 Å². The molecule has 2 rings (SSSR count). The molecule has 0 atom stereocenters. The molecular formula is C11H9N3O. The molecule has 0 saturated carbocycles. The summed E-state index contributed by atoms with van der Waals surface area (Å²) in [5, 5.41) is 3.04. The summed E-state index contributed by atoms with van der Waals surface area (Å²) >= 11 is 0. The molecule has 1 N–H and O–H groups in total. The second kappa shape index (κ2) is 4.32. The van der Waals surface area contributed by atoms with Crippen LogP contribution < -0.4 is 5.32 Å². The van der Waals surface area contributed by atoms with E-state index in [-0.39, 0.29) is 0 Å². The summed E-state index contributed by atoms with van der Waals surface area (Å²) in [7, 11) is 0. The van der Waals surface area contributed by atoms with Crippen LogP contribution >= 0.6 is 0 Å². The number of carbonyl (C=O) groups is 1. The SMILES string of the molecule is O=Cc1cccnc1Nc1ccncc1. The van der Waals surface area contributed by atoms with Gasteiger partial charge in [-0.1, -0.05) is 0 Å². The first-order valence-corrected chi connectivity index (χ1v) is 4.47. The molecule has 0 unspecified atom stereocenters. The van der Waals surface area contributed by atoms with E-state index in [1.54, 1.807) is 30.7 Å². The van der Waals surface area contributed by atoms with Crippen LogP contribution in [0.4, 0.5) is 11.5 Å². The quantitative estimate of drug-likeness (QED) is 0.768. The highest BCUT2D eigenvalue weighted by Crippen LogP contribution is 2.15. The predicted molar refractivity (Wildman–Crippen MR) is 57.1 cm³/mol. The normalized spacial score (nSPS) is 9.60. The fraction of sp³-hybridized carbons (Fsp3) is 0. The lowest BCUT2D eigenvalue weighted by Crippen LogP contribution is -1.97. The maximum Gasteiger partial charge on any atom is 0.153 e. The van der Waals surface area contributed by atoms with Crippen molar-refractivity contribution >= 4 is 17.8 Å². The molecule has 4 heteroatoms. The lowest BCUT2D eigenvalue weighted by atomic mass is 10.2. The first kappa shape index (κ1) is 9.33. The minimum absolute atomic E-state index is 0.536. The Morgan fingerprint density at radius 1 is 1.13 bits per heavy atom. The molecule has 0 bridgehead atoms. The first-order chi connectivity index (χ1) is 7.40. The van der Waals surface area contributed by atoms with Crippen molar-refractivity contribution < 1.29 is 4.79 Å². The van der Waals surface area contributed by atoms with Gasteiger partial charge in [-0.05, 0) is 24.3 Å². The maximum absolute atomic E-state index is 10.7. The summed E-state index contributed by atoms with van der Waals surface area (Å²) in [6.45, 7) is 0. The molecule has 0 aliphatic rings. The summed E-state index contributed by atoms with van der Waals surface area (Å²) in [4.78, 5) is 18.7. The van der Waals surface area contributed by atoms with E-state index in [4.69, 9.17) is 0 Å². The van der Waals surface area contributed by atoms with E-state index in [2.05, 4.69) is 15.3 Å². The Kier molecular flexibility index (Phi) is 2.69. The molecule has 0 spiro atoms. The maximum atomic E-state index is 10.7. The Labute approximate surface area is 87.0 Å². The zero-order chi connectivity index (χ0) is 10.5. The summed E-state index contributed by atoms with van der Waals surface area (Å²) < 4.78 is 0. The zero-order valence-electron chi connectivity index (χ0n) is 7.92. The number of hydrogen-bond donors (Lipinski definition) is 1. The number of anilines is 2. The fourth-order valence-electron chi connectivity index (χ4n) is 1.19. The van der Waals surface area contributed by atoms with Crippen molar-refractivity contribution in [3.63, 3.8) is 0 Å². The van der Waals surface area contributed by atoms with Crippen molar-refractivity contribution in [1.29, 1.82) is 0 Å². The second-order valence-corrected chi connectivity index (χ2v) is 2.92. The molecule has 0 radical (unpaired) electrons. The van der Waals surface area contributed by atoms with Crippen LogP contribution in [0.1, 0.15) is 10.4 Å². The van der Waals surface area contributed by atoms with Crippen molar-refractivity contribution in [1.82, 2.24) is 9.97 Å². The third kappa shape index (κ3) is 2.17. The number of hydrogen-bond acceptors (Lipinski definition) is 4. The van der Waals surface area contributed by atoms with Crippen LogP contribution in [0.15, 0.2) is 42.9 Å². The molecule has 0 saturated heterocycles. The van der Waals surface area contributed by atoms with Gasteiger partial charge in [-0.2, -0.15) is 0 Å². The third-order valence-corrected chi connectivity index (χ3v) is 1.91. The minimum atomic E-state index is 0.536. The first-order valence-electron chi connectivity index (χ1n) is 4.47. The van der Waals surface area contributed by atoms with Crippen LogP contribution in [-0.4, -0.2) is 16.3 Å². The standard InChI is InChI=1S/C11H9N3O/c15-8-9-2-1-5-13-11(9)14-10-3-6-12-7-4-10/h1-8H,(H,12,13,14). The van der Waals surface area contributed by atoms with Crippen molar-refractivity contribution in [2.75, 3.05) is 5.32 Å². The lowest BCUT2D eigenvalue weighted by Gasteiger charge is -2.06. The molecule has 4 nitrogen and oxygen atoms in total. The molecule has 74 valence electrons. The van der Waals surface area contributed by atoms with E-state index >= 15 is 0 Å². The number of carbonyl (C=O) groups excluding carboxylic acids is 1. The molecule has 2 aromatic heterocycles. The van der Waals surface area contributed by atoms with E-state index in [1.807, 2.05) is 12.1 Å². The summed E-state index contributed by atoms with van der Waals surface area (Å²) in [5.41, 5.74) is 1.39. The molecule has 0 aliphatic heterocycles. The van der Waals surface area contributed by atoms with Gasteiger partial charge in [-0.3, -0.25) is 9.78 Å². The monoisotopic (exact) mass is 199 g/mol. The zero-order valence-corrected chi connectivity index (χ0v) is 7.92. The average Bonchev–Trinajstić information content (AvgIpc) is 2.31. The summed E-state index contributed by atoms with van der Waals surface area (Å²) in [5.74, 6) is 0.554. The number of nitrogens with zero attached hydrogens (tertiary/aromatic N) is 2. The van der Waals surface area contributed by atoms with Crippen LogP contribution in [0.5, 0.6) is 0 Å². The van der Waals surface area contributed by atoms with Crippen LogP contribution in [0.25, 0.3) is 0 Å². The number of aldehydes is 1. The van der Waals surface area contributed by atoms with Gasteiger partial charge in [0, 0.05) is 24.3 Å². The minimum Gasteiger partial charge on any atom is -0.340 e. The Balaban J connectivity index is 2.28. The summed E-state index contributed by atoms with van der Waals surface area (Å²) in [6.07, 6.45) is 5.75. The topological polar surface area (TPSA) is 54.9 Å². The van der Waals surface area contributed by atoms with E-state index in [0.29, 0.717) is 11.4 Å². The molecule has 0 aromatic carbocycles. The smallest absolute Gasteiger partial charge is 0.153 e. The molecule has 0 aliphatic carbocycles. The van der Waals surface area contributed by atoms with Gasteiger partial charge in [0.05, 0.1) is 5.56 Å². The van der Waals surface area contributed by atoms with Crippen molar-refractivity contribution in [2.24, 2.45) is 0 Å². The van der Waals surface area contributed by atoms with Crippen molar-refractivity contribution in [3.8, 4) is 0 Å². The van der Waals surface area contributed by atoms with Crippen LogP contribution in [0.2, 0.25) is 0 Å². The number of nitrogens with one attached hydrogen (secondary N) is 1.